The molecule has 18 heteroatoms. The number of amides is 2. The van der Waals surface area contributed by atoms with E-state index in [0.717, 1.165) is 40.7 Å². The van der Waals surface area contributed by atoms with E-state index in [1.807, 2.05) is 4.72 Å². The Labute approximate surface area is 253 Å². The number of hydrogen-bond donors (Lipinski definition) is 4. The monoisotopic (exact) mass is 680 g/mol. The number of nitrogens with one attached hydrogen (secondary N) is 3. The third-order valence-corrected chi connectivity index (χ3v) is 10.2. The molecule has 43 heavy (non-hydrogen) atoms. The van der Waals surface area contributed by atoms with Gasteiger partial charge >= 0.3 is 6.18 Å². The summed E-state index contributed by atoms with van der Waals surface area (Å²) < 4.78 is 93.7. The summed E-state index contributed by atoms with van der Waals surface area (Å²) in [6.45, 7) is -0.423. The number of sulfonamides is 2. The van der Waals surface area contributed by atoms with Crippen LogP contribution in [-0.2, 0) is 31.0 Å². The molecule has 0 bridgehead atoms. The predicted octanol–water partition coefficient (Wildman–Crippen LogP) is 3.40. The lowest BCUT2D eigenvalue weighted by atomic mass is 10.2. The van der Waals surface area contributed by atoms with Gasteiger partial charge < -0.3 is 5.11 Å². The number of carbonyl (C=O) groups is 2. The Bertz CT molecular complexity index is 1790. The summed E-state index contributed by atoms with van der Waals surface area (Å²) >= 11 is 11.8. The molecule has 0 aromatic heterocycles. The molecule has 2 amide bonds. The number of rotatable bonds is 7. The molecule has 11 nitrogen and oxygen atoms in total. The van der Waals surface area contributed by atoms with E-state index in [9.17, 15) is 44.7 Å². The minimum atomic E-state index is -4.70. The van der Waals surface area contributed by atoms with E-state index in [4.69, 9.17) is 23.2 Å². The second-order valence-corrected chi connectivity index (χ2v) is 13.6. The smallest absolute Gasteiger partial charge is 0.392 e. The molecule has 1 aliphatic rings. The molecule has 0 spiro atoms. The second-order valence-electron chi connectivity index (χ2n) is 9.21. The largest absolute Gasteiger partial charge is 0.416 e. The summed E-state index contributed by atoms with van der Waals surface area (Å²) in [7, 11) is -8.78. The zero-order valence-corrected chi connectivity index (χ0v) is 24.6. The zero-order chi connectivity index (χ0) is 31.7. The quantitative estimate of drug-likeness (QED) is 0.278. The summed E-state index contributed by atoms with van der Waals surface area (Å²) in [4.78, 5) is 24.8. The number of benzene rings is 3. The molecule has 1 heterocycles. The lowest BCUT2D eigenvalue weighted by Gasteiger charge is -2.23. The van der Waals surface area contributed by atoms with Crippen molar-refractivity contribution in [1.29, 1.82) is 0 Å². The molecule has 0 aliphatic carbocycles. The maximum atomic E-state index is 13.2. The van der Waals surface area contributed by atoms with Gasteiger partial charge in [0, 0.05) is 24.2 Å². The Morgan fingerprint density at radius 3 is 2.26 bits per heavy atom. The standard InChI is InChI=1S/C25H21Cl2F3N4O7S2/c26-20-8-7-19(12-21(20)27)43(40,41)34-13-17(35)11-22(34)24(37)32-31-23(36)14-3-1-6-18(9-14)42(38,39)33-16-5-2-4-15(10-16)25(28,29)30/h1-10,12,17,22,33,35H,11,13H2,(H,31,36)(H,32,37)/t17-,22-/m1/s1. The van der Waals surface area contributed by atoms with Crippen molar-refractivity contribution < 1.29 is 44.7 Å². The third kappa shape index (κ3) is 7.39. The van der Waals surface area contributed by atoms with Crippen molar-refractivity contribution in [1.82, 2.24) is 15.2 Å². The third-order valence-electron chi connectivity index (χ3n) is 6.18. The van der Waals surface area contributed by atoms with Gasteiger partial charge in [-0.25, -0.2) is 16.8 Å². The van der Waals surface area contributed by atoms with Crippen LogP contribution in [0.3, 0.4) is 0 Å². The first kappa shape index (κ1) is 32.5. The van der Waals surface area contributed by atoms with Crippen LogP contribution < -0.4 is 15.6 Å². The predicted molar refractivity (Wildman–Crippen MR) is 149 cm³/mol. The highest BCUT2D eigenvalue weighted by atomic mass is 35.5. The molecular weight excluding hydrogens is 660 g/mol. The van der Waals surface area contributed by atoms with Gasteiger partial charge in [-0.3, -0.25) is 25.2 Å². The number of aliphatic hydroxyl groups is 1. The minimum absolute atomic E-state index is 0.0509. The van der Waals surface area contributed by atoms with Gasteiger partial charge in [-0.1, -0.05) is 35.3 Å². The molecule has 0 unspecified atom stereocenters. The summed E-state index contributed by atoms with van der Waals surface area (Å²) in [5.74, 6) is -1.99. The van der Waals surface area contributed by atoms with Crippen LogP contribution in [0.1, 0.15) is 22.3 Å². The highest BCUT2D eigenvalue weighted by Gasteiger charge is 2.43. The van der Waals surface area contributed by atoms with Crippen LogP contribution in [0.5, 0.6) is 0 Å². The average molecular weight is 681 g/mol. The Hall–Kier alpha value is -3.41. The van der Waals surface area contributed by atoms with Gasteiger partial charge in [0.15, 0.2) is 0 Å². The fourth-order valence-electron chi connectivity index (χ4n) is 4.11. The number of nitrogens with zero attached hydrogens (tertiary/aromatic N) is 1. The Balaban J connectivity index is 1.46. The minimum Gasteiger partial charge on any atom is -0.392 e. The van der Waals surface area contributed by atoms with Crippen molar-refractivity contribution in [2.45, 2.75) is 34.5 Å². The highest BCUT2D eigenvalue weighted by Crippen LogP contribution is 2.32. The fraction of sp³-hybridized carbons (Fsp3) is 0.200. The van der Waals surface area contributed by atoms with Gasteiger partial charge in [0.05, 0.1) is 31.5 Å². The van der Waals surface area contributed by atoms with Crippen molar-refractivity contribution in [3.05, 3.63) is 87.9 Å². The normalized spacial score (nSPS) is 17.8. The maximum absolute atomic E-state index is 13.2. The molecule has 3 aromatic rings. The van der Waals surface area contributed by atoms with Crippen molar-refractivity contribution in [3.8, 4) is 0 Å². The zero-order valence-electron chi connectivity index (χ0n) is 21.5. The van der Waals surface area contributed by atoms with E-state index in [1.54, 1.807) is 0 Å². The van der Waals surface area contributed by atoms with Crippen molar-refractivity contribution in [2.75, 3.05) is 11.3 Å². The van der Waals surface area contributed by atoms with E-state index in [-0.39, 0.29) is 32.6 Å². The van der Waals surface area contributed by atoms with Crippen LogP contribution in [0.2, 0.25) is 10.0 Å². The number of β-amino-alcohol motifs (C(OH)–C–C–N with tert-alkyl or cyclic N) is 1. The number of halogens is 5. The first-order valence-corrected chi connectivity index (χ1v) is 15.7. The molecule has 2 atom stereocenters. The van der Waals surface area contributed by atoms with E-state index in [2.05, 4.69) is 10.9 Å². The Morgan fingerprint density at radius 2 is 1.58 bits per heavy atom. The topological polar surface area (TPSA) is 162 Å². The summed E-state index contributed by atoms with van der Waals surface area (Å²) in [5.41, 5.74) is 2.41. The van der Waals surface area contributed by atoms with Crippen LogP contribution in [-0.4, -0.2) is 56.8 Å². The number of aliphatic hydroxyl groups excluding tert-OH is 1. The lowest BCUT2D eigenvalue weighted by molar-refractivity contribution is -0.137. The van der Waals surface area contributed by atoms with E-state index in [0.29, 0.717) is 6.07 Å². The molecule has 4 N–H and O–H groups in total. The number of hydrazine groups is 1. The van der Waals surface area contributed by atoms with Crippen LogP contribution in [0.25, 0.3) is 0 Å². The maximum Gasteiger partial charge on any atom is 0.416 e. The van der Waals surface area contributed by atoms with E-state index < -0.39 is 67.2 Å². The molecular formula is C25H21Cl2F3N4O7S2. The highest BCUT2D eigenvalue weighted by molar-refractivity contribution is 7.92. The first-order chi connectivity index (χ1) is 20.0. The summed E-state index contributed by atoms with van der Waals surface area (Å²) in [5, 5.41) is 10.2. The SMILES string of the molecule is O=C(NNC(=O)[C@H]1C[C@@H](O)CN1S(=O)(=O)c1ccc(Cl)c(Cl)c1)c1cccc(S(=O)(=O)Nc2cccc(C(F)(F)F)c2)c1. The first-order valence-electron chi connectivity index (χ1n) is 12.0. The van der Waals surface area contributed by atoms with Gasteiger partial charge in [-0.05, 0) is 54.6 Å². The van der Waals surface area contributed by atoms with E-state index >= 15 is 0 Å². The molecule has 0 saturated carbocycles. The fourth-order valence-corrected chi connectivity index (χ4v) is 7.23. The number of carbonyl (C=O) groups excluding carboxylic acids is 2. The molecule has 1 aliphatic heterocycles. The van der Waals surface area contributed by atoms with Gasteiger partial charge in [0.25, 0.3) is 21.8 Å². The lowest BCUT2D eigenvalue weighted by Crippen LogP contribution is -2.51. The summed E-state index contributed by atoms with van der Waals surface area (Å²) in [6.07, 6.45) is -6.20. The number of hydrogen-bond acceptors (Lipinski definition) is 7. The molecule has 1 fully saturated rings. The molecule has 1 saturated heterocycles. The van der Waals surface area contributed by atoms with Gasteiger partial charge in [-0.2, -0.15) is 17.5 Å². The van der Waals surface area contributed by atoms with Crippen molar-refractivity contribution in [2.24, 2.45) is 0 Å². The van der Waals surface area contributed by atoms with Crippen molar-refractivity contribution >= 4 is 60.8 Å². The van der Waals surface area contributed by atoms with Gasteiger partial charge in [-0.15, -0.1) is 0 Å². The molecule has 0 radical (unpaired) electrons. The number of alkyl halides is 3. The molecule has 230 valence electrons. The Kier molecular flexibility index (Phi) is 9.30. The number of anilines is 1. The summed E-state index contributed by atoms with van der Waals surface area (Å²) in [6, 6.07) is 9.99. The molecule has 4 rings (SSSR count). The van der Waals surface area contributed by atoms with Crippen LogP contribution in [0.4, 0.5) is 18.9 Å². The van der Waals surface area contributed by atoms with Crippen LogP contribution >= 0.6 is 23.2 Å². The van der Waals surface area contributed by atoms with E-state index in [1.165, 1.54) is 24.3 Å². The second kappa shape index (κ2) is 12.3. The Morgan fingerprint density at radius 1 is 0.884 bits per heavy atom. The van der Waals surface area contributed by atoms with Gasteiger partial charge in [0.1, 0.15) is 6.04 Å². The van der Waals surface area contributed by atoms with Crippen LogP contribution in [0, 0.1) is 0 Å². The van der Waals surface area contributed by atoms with Gasteiger partial charge in [0.2, 0.25) is 10.0 Å². The van der Waals surface area contributed by atoms with Crippen molar-refractivity contribution in [3.63, 3.8) is 0 Å². The molecule has 3 aromatic carbocycles. The van der Waals surface area contributed by atoms with Crippen LogP contribution in [0.15, 0.2) is 76.5 Å². The average Bonchev–Trinajstić information content (AvgIpc) is 3.35.